The molecule has 3 aromatic rings. The van der Waals surface area contributed by atoms with Crippen molar-refractivity contribution in [2.45, 2.75) is 0 Å². The van der Waals surface area contributed by atoms with E-state index >= 15 is 0 Å². The monoisotopic (exact) mass is 529 g/mol. The Labute approximate surface area is 201 Å². The summed E-state index contributed by atoms with van der Waals surface area (Å²) >= 11 is 15.7. The summed E-state index contributed by atoms with van der Waals surface area (Å²) in [6, 6.07) is 20.2. The van der Waals surface area contributed by atoms with Gasteiger partial charge < -0.3 is 10.6 Å². The number of amides is 3. The molecule has 160 valence electrons. The standard InChI is InChI=1S/C23H14BrCl2N3O3/c24-15-8-1-3-10-17(15)28-21(30)13-6-5-7-14(12-13)27-20-19(26)22(31)29(23(20)32)18-11-4-2-9-16(18)25/h1-12,27H,(H,28,30). The van der Waals surface area contributed by atoms with Crippen LogP contribution < -0.4 is 15.5 Å². The fraction of sp³-hybridized carbons (Fsp3) is 0. The van der Waals surface area contributed by atoms with Crippen LogP contribution in [0.3, 0.4) is 0 Å². The van der Waals surface area contributed by atoms with Crippen molar-refractivity contribution < 1.29 is 14.4 Å². The van der Waals surface area contributed by atoms with Crippen LogP contribution in [-0.4, -0.2) is 17.7 Å². The first-order valence-electron chi connectivity index (χ1n) is 9.33. The van der Waals surface area contributed by atoms with Gasteiger partial charge in [-0.3, -0.25) is 14.4 Å². The van der Waals surface area contributed by atoms with Crippen LogP contribution in [0.4, 0.5) is 17.1 Å². The van der Waals surface area contributed by atoms with Crippen molar-refractivity contribution in [1.82, 2.24) is 0 Å². The topological polar surface area (TPSA) is 78.5 Å². The molecule has 2 N–H and O–H groups in total. The fourth-order valence-electron chi connectivity index (χ4n) is 3.10. The van der Waals surface area contributed by atoms with Gasteiger partial charge in [-0.05, 0) is 58.4 Å². The molecule has 0 atom stereocenters. The maximum Gasteiger partial charge on any atom is 0.283 e. The lowest BCUT2D eigenvalue weighted by Crippen LogP contribution is -2.32. The van der Waals surface area contributed by atoms with E-state index in [1.165, 1.54) is 0 Å². The van der Waals surface area contributed by atoms with Crippen molar-refractivity contribution in [1.29, 1.82) is 0 Å². The Morgan fingerprint density at radius 1 is 0.875 bits per heavy atom. The molecule has 0 aromatic heterocycles. The first-order chi connectivity index (χ1) is 15.4. The number of imide groups is 1. The quantitative estimate of drug-likeness (QED) is 0.409. The normalized spacial score (nSPS) is 13.5. The van der Waals surface area contributed by atoms with Crippen LogP contribution in [0.1, 0.15) is 10.4 Å². The van der Waals surface area contributed by atoms with E-state index in [9.17, 15) is 14.4 Å². The van der Waals surface area contributed by atoms with E-state index < -0.39 is 11.8 Å². The Balaban J connectivity index is 1.56. The second kappa shape index (κ2) is 9.16. The molecule has 0 spiro atoms. The Morgan fingerprint density at radius 2 is 1.59 bits per heavy atom. The van der Waals surface area contributed by atoms with Gasteiger partial charge in [0.15, 0.2) is 0 Å². The SMILES string of the molecule is O=C(Nc1ccccc1Br)c1cccc(NC2=C(Cl)C(=O)N(c3ccccc3Cl)C2=O)c1. The molecule has 32 heavy (non-hydrogen) atoms. The van der Waals surface area contributed by atoms with Crippen molar-refractivity contribution in [3.05, 3.63) is 98.6 Å². The van der Waals surface area contributed by atoms with Gasteiger partial charge in [0.05, 0.1) is 16.4 Å². The van der Waals surface area contributed by atoms with Crippen LogP contribution in [0.5, 0.6) is 0 Å². The maximum atomic E-state index is 12.9. The fourth-order valence-corrected chi connectivity index (χ4v) is 3.92. The molecule has 0 saturated heterocycles. The molecule has 3 amide bonds. The summed E-state index contributed by atoms with van der Waals surface area (Å²) in [7, 11) is 0. The number of hydrogen-bond donors (Lipinski definition) is 2. The average Bonchev–Trinajstić information content (AvgIpc) is 2.99. The second-order valence-corrected chi connectivity index (χ2v) is 8.37. The molecule has 0 aliphatic carbocycles. The Hall–Kier alpha value is -3.13. The molecule has 0 radical (unpaired) electrons. The lowest BCUT2D eigenvalue weighted by atomic mass is 10.1. The van der Waals surface area contributed by atoms with Crippen molar-refractivity contribution in [3.63, 3.8) is 0 Å². The van der Waals surface area contributed by atoms with Crippen LogP contribution in [0, 0.1) is 0 Å². The van der Waals surface area contributed by atoms with Gasteiger partial charge in [0.1, 0.15) is 10.7 Å². The van der Waals surface area contributed by atoms with Crippen molar-refractivity contribution in [2.24, 2.45) is 0 Å². The van der Waals surface area contributed by atoms with Crippen molar-refractivity contribution in [2.75, 3.05) is 15.5 Å². The van der Waals surface area contributed by atoms with Gasteiger partial charge >= 0.3 is 0 Å². The third-order valence-electron chi connectivity index (χ3n) is 4.64. The molecule has 9 heteroatoms. The molecule has 1 heterocycles. The van der Waals surface area contributed by atoms with E-state index in [1.54, 1.807) is 60.7 Å². The van der Waals surface area contributed by atoms with E-state index in [0.29, 0.717) is 16.9 Å². The summed E-state index contributed by atoms with van der Waals surface area (Å²) in [6.07, 6.45) is 0. The minimum atomic E-state index is -0.685. The first kappa shape index (κ1) is 22.1. The largest absolute Gasteiger partial charge is 0.350 e. The molecule has 3 aromatic carbocycles. The Morgan fingerprint density at radius 3 is 2.34 bits per heavy atom. The first-order valence-corrected chi connectivity index (χ1v) is 10.9. The molecular formula is C23H14BrCl2N3O3. The zero-order valence-electron chi connectivity index (χ0n) is 16.2. The number of nitrogens with zero attached hydrogens (tertiary/aromatic N) is 1. The summed E-state index contributed by atoms with van der Waals surface area (Å²) in [5.41, 5.74) is 1.52. The second-order valence-electron chi connectivity index (χ2n) is 6.73. The minimum absolute atomic E-state index is 0.0973. The van der Waals surface area contributed by atoms with Gasteiger partial charge in [0, 0.05) is 15.7 Å². The van der Waals surface area contributed by atoms with E-state index in [0.717, 1.165) is 9.37 Å². The van der Waals surface area contributed by atoms with Gasteiger partial charge in [-0.2, -0.15) is 0 Å². The van der Waals surface area contributed by atoms with Gasteiger partial charge in [-0.25, -0.2) is 4.90 Å². The van der Waals surface area contributed by atoms with Crippen LogP contribution in [0.25, 0.3) is 0 Å². The number of carbonyl (C=O) groups excluding carboxylic acids is 3. The number of rotatable bonds is 5. The zero-order chi connectivity index (χ0) is 22.8. The van der Waals surface area contributed by atoms with Gasteiger partial charge in [-0.1, -0.05) is 53.5 Å². The van der Waals surface area contributed by atoms with Crippen molar-refractivity contribution >= 4 is 73.9 Å². The van der Waals surface area contributed by atoms with Gasteiger partial charge in [0.25, 0.3) is 17.7 Å². The summed E-state index contributed by atoms with van der Waals surface area (Å²) in [5.74, 6) is -1.67. The van der Waals surface area contributed by atoms with E-state index in [4.69, 9.17) is 23.2 Å². The summed E-state index contributed by atoms with van der Waals surface area (Å²) in [5, 5.41) is 5.65. The highest BCUT2D eigenvalue weighted by Gasteiger charge is 2.39. The predicted molar refractivity (Wildman–Crippen MR) is 129 cm³/mol. The number of benzene rings is 3. The zero-order valence-corrected chi connectivity index (χ0v) is 19.3. The third kappa shape index (κ3) is 4.27. The molecule has 0 unspecified atom stereocenters. The van der Waals surface area contributed by atoms with E-state index in [1.807, 2.05) is 12.1 Å². The maximum absolute atomic E-state index is 12.9. The van der Waals surface area contributed by atoms with Crippen molar-refractivity contribution in [3.8, 4) is 0 Å². The molecule has 6 nitrogen and oxygen atoms in total. The Kier molecular flexibility index (Phi) is 6.32. The third-order valence-corrected chi connectivity index (χ3v) is 6.00. The number of hydrogen-bond acceptors (Lipinski definition) is 4. The molecule has 0 bridgehead atoms. The highest BCUT2D eigenvalue weighted by molar-refractivity contribution is 9.10. The summed E-state index contributed by atoms with van der Waals surface area (Å²) in [6.45, 7) is 0. The highest BCUT2D eigenvalue weighted by atomic mass is 79.9. The molecule has 0 fully saturated rings. The van der Waals surface area contributed by atoms with E-state index in [-0.39, 0.29) is 27.3 Å². The molecule has 0 saturated carbocycles. The van der Waals surface area contributed by atoms with Gasteiger partial charge in [0.2, 0.25) is 0 Å². The molecule has 4 rings (SSSR count). The molecule has 1 aliphatic heterocycles. The number of carbonyl (C=O) groups is 3. The lowest BCUT2D eigenvalue weighted by Gasteiger charge is -2.16. The summed E-state index contributed by atoms with van der Waals surface area (Å²) < 4.78 is 0.745. The van der Waals surface area contributed by atoms with Gasteiger partial charge in [-0.15, -0.1) is 0 Å². The van der Waals surface area contributed by atoms with Crippen LogP contribution in [0.15, 0.2) is 88.0 Å². The minimum Gasteiger partial charge on any atom is -0.350 e. The smallest absolute Gasteiger partial charge is 0.283 e. The Bertz CT molecular complexity index is 1290. The number of anilines is 3. The highest BCUT2D eigenvalue weighted by Crippen LogP contribution is 2.34. The molecule has 1 aliphatic rings. The van der Waals surface area contributed by atoms with Crippen LogP contribution >= 0.6 is 39.1 Å². The van der Waals surface area contributed by atoms with Crippen LogP contribution in [0.2, 0.25) is 5.02 Å². The average molecular weight is 531 g/mol. The number of halogens is 3. The number of para-hydroxylation sites is 2. The predicted octanol–water partition coefficient (Wildman–Crippen LogP) is 5.79. The summed E-state index contributed by atoms with van der Waals surface area (Å²) in [4.78, 5) is 39.1. The van der Waals surface area contributed by atoms with E-state index in [2.05, 4.69) is 26.6 Å². The molecular weight excluding hydrogens is 517 g/mol. The lowest BCUT2D eigenvalue weighted by molar-refractivity contribution is -0.120. The van der Waals surface area contributed by atoms with Crippen LogP contribution in [-0.2, 0) is 9.59 Å². The number of nitrogens with one attached hydrogen (secondary N) is 2.